The lowest BCUT2D eigenvalue weighted by Crippen LogP contribution is -2.57. The second-order valence-electron chi connectivity index (χ2n) is 9.39. The minimum absolute atomic E-state index is 0.0702. The number of likely N-dealkylation sites (tertiary alicyclic amines) is 1. The van der Waals surface area contributed by atoms with Gasteiger partial charge < -0.3 is 32.1 Å². The highest BCUT2D eigenvalue weighted by molar-refractivity contribution is 5.94. The molecule has 1 aliphatic rings. The van der Waals surface area contributed by atoms with E-state index in [-0.39, 0.29) is 18.2 Å². The Morgan fingerprint density at radius 3 is 2.37 bits per heavy atom. The second-order valence-corrected chi connectivity index (χ2v) is 9.39. The molecule has 4 unspecified atom stereocenters. The molecular formula is C25H39N5O5. The first-order chi connectivity index (χ1) is 16.6. The number of nitrogens with one attached hydrogen (secondary N) is 2. The van der Waals surface area contributed by atoms with Gasteiger partial charge in [0.25, 0.3) is 0 Å². The van der Waals surface area contributed by atoms with Gasteiger partial charge in [0.15, 0.2) is 0 Å². The Labute approximate surface area is 206 Å². The van der Waals surface area contributed by atoms with Gasteiger partial charge in [0, 0.05) is 13.0 Å². The minimum atomic E-state index is -1.16. The number of hydrogen-bond acceptors (Lipinski definition) is 6. The molecule has 4 atom stereocenters. The van der Waals surface area contributed by atoms with Gasteiger partial charge in [-0.3, -0.25) is 14.4 Å². The summed E-state index contributed by atoms with van der Waals surface area (Å²) in [5.41, 5.74) is 12.4. The van der Waals surface area contributed by atoms with Crippen LogP contribution in [0.25, 0.3) is 0 Å². The maximum absolute atomic E-state index is 13.1. The number of carboxylic acid groups (broad SMARTS) is 1. The van der Waals surface area contributed by atoms with Crippen LogP contribution in [0, 0.1) is 5.92 Å². The minimum Gasteiger partial charge on any atom is -0.480 e. The van der Waals surface area contributed by atoms with Gasteiger partial charge in [-0.25, -0.2) is 4.79 Å². The third kappa shape index (κ3) is 8.32. The number of unbranched alkanes of at least 4 members (excludes halogenated alkanes) is 1. The van der Waals surface area contributed by atoms with E-state index in [9.17, 15) is 24.3 Å². The normalized spacial score (nSPS) is 18.1. The lowest BCUT2D eigenvalue weighted by molar-refractivity contribution is -0.143. The number of amides is 3. The molecule has 1 aliphatic heterocycles. The SMILES string of the molecule is CC(C)C(N)C(=O)N1CCCC1C(=O)NC(CCCCN)C(=O)NC(Cc1ccccc1)C(=O)O. The van der Waals surface area contributed by atoms with Crippen molar-refractivity contribution in [1.29, 1.82) is 0 Å². The molecule has 194 valence electrons. The average Bonchev–Trinajstić information content (AvgIpc) is 3.32. The summed E-state index contributed by atoms with van der Waals surface area (Å²) in [6.45, 7) is 4.56. The Hall–Kier alpha value is -2.98. The van der Waals surface area contributed by atoms with Crippen LogP contribution < -0.4 is 22.1 Å². The fraction of sp³-hybridized carbons (Fsp3) is 0.600. The number of carbonyl (C=O) groups is 4. The summed E-state index contributed by atoms with van der Waals surface area (Å²) in [7, 11) is 0. The first-order valence-corrected chi connectivity index (χ1v) is 12.3. The topological polar surface area (TPSA) is 168 Å². The Kier molecular flexibility index (Phi) is 11.1. The highest BCUT2D eigenvalue weighted by Crippen LogP contribution is 2.20. The lowest BCUT2D eigenvalue weighted by atomic mass is 10.0. The molecule has 1 aromatic rings. The van der Waals surface area contributed by atoms with E-state index < -0.39 is 42.0 Å². The van der Waals surface area contributed by atoms with Crippen LogP contribution in [0.5, 0.6) is 0 Å². The number of hydrogen-bond donors (Lipinski definition) is 5. The number of nitrogens with zero attached hydrogens (tertiary/aromatic N) is 1. The Morgan fingerprint density at radius 2 is 1.77 bits per heavy atom. The Bertz CT molecular complexity index is 863. The molecule has 0 radical (unpaired) electrons. The zero-order valence-corrected chi connectivity index (χ0v) is 20.6. The predicted molar refractivity (Wildman–Crippen MR) is 132 cm³/mol. The number of aliphatic carboxylic acids is 1. The van der Waals surface area contributed by atoms with Crippen LogP contribution in [-0.2, 0) is 25.6 Å². The summed E-state index contributed by atoms with van der Waals surface area (Å²) < 4.78 is 0. The van der Waals surface area contributed by atoms with E-state index >= 15 is 0 Å². The van der Waals surface area contributed by atoms with Gasteiger partial charge in [-0.1, -0.05) is 44.2 Å². The summed E-state index contributed by atoms with van der Waals surface area (Å²) in [6.07, 6.45) is 2.80. The van der Waals surface area contributed by atoms with Crippen LogP contribution in [0.3, 0.4) is 0 Å². The largest absolute Gasteiger partial charge is 0.480 e. The average molecular weight is 490 g/mol. The van der Waals surface area contributed by atoms with Gasteiger partial charge >= 0.3 is 5.97 Å². The highest BCUT2D eigenvalue weighted by atomic mass is 16.4. The molecular weight excluding hydrogens is 450 g/mol. The van der Waals surface area contributed by atoms with Gasteiger partial charge in [-0.05, 0) is 50.1 Å². The molecule has 0 aromatic heterocycles. The van der Waals surface area contributed by atoms with Crippen molar-refractivity contribution in [2.75, 3.05) is 13.1 Å². The molecule has 0 aliphatic carbocycles. The lowest BCUT2D eigenvalue weighted by Gasteiger charge is -2.29. The van der Waals surface area contributed by atoms with Gasteiger partial charge in [0.05, 0.1) is 6.04 Å². The summed E-state index contributed by atoms with van der Waals surface area (Å²) in [4.78, 5) is 52.3. The number of carboxylic acids is 1. The van der Waals surface area contributed by atoms with E-state index in [1.807, 2.05) is 19.9 Å². The smallest absolute Gasteiger partial charge is 0.326 e. The third-order valence-electron chi connectivity index (χ3n) is 6.32. The molecule has 7 N–H and O–H groups in total. The standard InChI is InChI=1S/C25H39N5O5/c1-16(2)21(27)24(33)30-14-8-12-20(30)23(32)28-18(11-6-7-13-26)22(31)29-19(25(34)35)15-17-9-4-3-5-10-17/h3-5,9-10,16,18-21H,6-8,11-15,26-27H2,1-2H3,(H,28,32)(H,29,31)(H,34,35). The fourth-order valence-corrected chi connectivity index (χ4v) is 4.13. The molecule has 10 heteroatoms. The Morgan fingerprint density at radius 1 is 1.09 bits per heavy atom. The van der Waals surface area contributed by atoms with Crippen molar-refractivity contribution in [2.45, 2.75) is 76.5 Å². The van der Waals surface area contributed by atoms with Gasteiger partial charge in [0.1, 0.15) is 18.1 Å². The molecule has 10 nitrogen and oxygen atoms in total. The predicted octanol–water partition coefficient (Wildman–Crippen LogP) is 0.387. The van der Waals surface area contributed by atoms with Crippen LogP contribution in [0.4, 0.5) is 0 Å². The van der Waals surface area contributed by atoms with E-state index in [4.69, 9.17) is 11.5 Å². The second kappa shape index (κ2) is 13.8. The third-order valence-corrected chi connectivity index (χ3v) is 6.32. The number of benzene rings is 1. The molecule has 1 saturated heterocycles. The Balaban J connectivity index is 2.11. The van der Waals surface area contributed by atoms with Crippen LogP contribution in [0.2, 0.25) is 0 Å². The van der Waals surface area contributed by atoms with Crippen LogP contribution >= 0.6 is 0 Å². The zero-order valence-electron chi connectivity index (χ0n) is 20.6. The maximum atomic E-state index is 13.1. The molecule has 35 heavy (non-hydrogen) atoms. The summed E-state index contributed by atoms with van der Waals surface area (Å²) in [5, 5.41) is 15.0. The van der Waals surface area contributed by atoms with Gasteiger partial charge in [0.2, 0.25) is 17.7 Å². The molecule has 3 amide bonds. The molecule has 1 aromatic carbocycles. The van der Waals surface area contributed by atoms with E-state index in [1.54, 1.807) is 24.3 Å². The monoisotopic (exact) mass is 489 g/mol. The zero-order chi connectivity index (χ0) is 26.0. The highest BCUT2D eigenvalue weighted by Gasteiger charge is 2.38. The quantitative estimate of drug-likeness (QED) is 0.250. The summed E-state index contributed by atoms with van der Waals surface area (Å²) in [5.74, 6) is -2.53. The molecule has 0 spiro atoms. The van der Waals surface area contributed by atoms with Gasteiger partial charge in [-0.15, -0.1) is 0 Å². The van der Waals surface area contributed by atoms with Crippen molar-refractivity contribution < 1.29 is 24.3 Å². The first-order valence-electron chi connectivity index (χ1n) is 12.3. The summed E-state index contributed by atoms with van der Waals surface area (Å²) in [6, 6.07) is 5.49. The summed E-state index contributed by atoms with van der Waals surface area (Å²) >= 11 is 0. The van der Waals surface area contributed by atoms with E-state index in [0.717, 1.165) is 5.56 Å². The van der Waals surface area contributed by atoms with Crippen LogP contribution in [0.15, 0.2) is 30.3 Å². The fourth-order valence-electron chi connectivity index (χ4n) is 4.13. The molecule has 1 fully saturated rings. The van der Waals surface area contributed by atoms with Gasteiger partial charge in [-0.2, -0.15) is 0 Å². The van der Waals surface area contributed by atoms with Crippen molar-refractivity contribution in [3.05, 3.63) is 35.9 Å². The molecule has 0 bridgehead atoms. The number of carbonyl (C=O) groups excluding carboxylic acids is 3. The van der Waals surface area contributed by atoms with Crippen molar-refractivity contribution in [3.8, 4) is 0 Å². The number of rotatable bonds is 13. The van der Waals surface area contributed by atoms with E-state index in [1.165, 1.54) is 4.90 Å². The molecule has 2 rings (SSSR count). The van der Waals surface area contributed by atoms with Crippen LogP contribution in [-0.4, -0.2) is 71.0 Å². The van der Waals surface area contributed by atoms with Crippen molar-refractivity contribution in [3.63, 3.8) is 0 Å². The van der Waals surface area contributed by atoms with Crippen molar-refractivity contribution in [1.82, 2.24) is 15.5 Å². The number of nitrogens with two attached hydrogens (primary N) is 2. The first kappa shape index (κ1) is 28.3. The van der Waals surface area contributed by atoms with Crippen LogP contribution in [0.1, 0.15) is 51.5 Å². The molecule has 1 heterocycles. The van der Waals surface area contributed by atoms with Crippen molar-refractivity contribution >= 4 is 23.7 Å². The van der Waals surface area contributed by atoms with E-state index in [2.05, 4.69) is 10.6 Å². The maximum Gasteiger partial charge on any atom is 0.326 e. The van der Waals surface area contributed by atoms with E-state index in [0.29, 0.717) is 45.2 Å². The molecule has 0 saturated carbocycles. The van der Waals surface area contributed by atoms with Crippen molar-refractivity contribution in [2.24, 2.45) is 17.4 Å².